The zero-order chi connectivity index (χ0) is 13.9. The first kappa shape index (κ1) is 14.3. The molecular weight excluding hydrogens is 226 g/mol. The number of benzene rings is 1. The van der Waals surface area contributed by atoms with Crippen LogP contribution in [0.1, 0.15) is 36.7 Å². The SMILES string of the molecule is C=CCN(c1ccc(C)cc1C(=O)O)C(C)(C)C. The summed E-state index contributed by atoms with van der Waals surface area (Å²) in [5.74, 6) is -0.896. The second-order valence-electron chi connectivity index (χ2n) is 5.40. The van der Waals surface area contributed by atoms with Gasteiger partial charge < -0.3 is 10.0 Å². The second-order valence-corrected chi connectivity index (χ2v) is 5.40. The lowest BCUT2D eigenvalue weighted by atomic mass is 10.0. The molecule has 3 nitrogen and oxygen atoms in total. The van der Waals surface area contributed by atoms with E-state index in [0.717, 1.165) is 11.3 Å². The molecule has 0 aliphatic heterocycles. The van der Waals surface area contributed by atoms with Crippen LogP contribution in [0.4, 0.5) is 5.69 Å². The molecule has 0 amide bonds. The van der Waals surface area contributed by atoms with E-state index in [2.05, 4.69) is 27.4 Å². The van der Waals surface area contributed by atoms with Gasteiger partial charge in [-0.2, -0.15) is 0 Å². The van der Waals surface area contributed by atoms with Crippen molar-refractivity contribution in [3.8, 4) is 0 Å². The third-order valence-electron chi connectivity index (χ3n) is 2.79. The highest BCUT2D eigenvalue weighted by Crippen LogP contribution is 2.28. The van der Waals surface area contributed by atoms with E-state index in [4.69, 9.17) is 0 Å². The van der Waals surface area contributed by atoms with Crippen molar-refractivity contribution in [1.82, 2.24) is 0 Å². The van der Waals surface area contributed by atoms with Crippen molar-refractivity contribution in [2.75, 3.05) is 11.4 Å². The molecule has 18 heavy (non-hydrogen) atoms. The smallest absolute Gasteiger partial charge is 0.337 e. The molecule has 0 aliphatic rings. The van der Waals surface area contributed by atoms with Gasteiger partial charge in [0.15, 0.2) is 0 Å². The Morgan fingerprint density at radius 1 is 1.44 bits per heavy atom. The van der Waals surface area contributed by atoms with Crippen molar-refractivity contribution in [2.24, 2.45) is 0 Å². The van der Waals surface area contributed by atoms with Gasteiger partial charge in [0.1, 0.15) is 0 Å². The molecule has 0 radical (unpaired) electrons. The first-order valence-corrected chi connectivity index (χ1v) is 6.00. The molecule has 0 saturated heterocycles. The largest absolute Gasteiger partial charge is 0.478 e. The molecule has 3 heteroatoms. The topological polar surface area (TPSA) is 40.5 Å². The minimum Gasteiger partial charge on any atom is -0.478 e. The number of carbonyl (C=O) groups is 1. The summed E-state index contributed by atoms with van der Waals surface area (Å²) in [5, 5.41) is 9.32. The van der Waals surface area contributed by atoms with E-state index in [9.17, 15) is 9.90 Å². The molecular formula is C15H21NO2. The molecule has 0 unspecified atom stereocenters. The molecule has 1 aromatic rings. The highest BCUT2D eigenvalue weighted by atomic mass is 16.4. The Hall–Kier alpha value is -1.77. The summed E-state index contributed by atoms with van der Waals surface area (Å²) in [6.07, 6.45) is 1.79. The number of rotatable bonds is 4. The number of hydrogen-bond donors (Lipinski definition) is 1. The number of nitrogens with zero attached hydrogens (tertiary/aromatic N) is 1. The fourth-order valence-electron chi connectivity index (χ4n) is 1.92. The van der Waals surface area contributed by atoms with E-state index in [1.54, 1.807) is 12.1 Å². The molecule has 0 heterocycles. The lowest BCUT2D eigenvalue weighted by molar-refractivity contribution is 0.0697. The summed E-state index contributed by atoms with van der Waals surface area (Å²) in [5.41, 5.74) is 1.86. The van der Waals surface area contributed by atoms with E-state index < -0.39 is 5.97 Å². The maximum Gasteiger partial charge on any atom is 0.337 e. The number of hydrogen-bond acceptors (Lipinski definition) is 2. The summed E-state index contributed by atoms with van der Waals surface area (Å²) in [7, 11) is 0. The highest BCUT2D eigenvalue weighted by molar-refractivity contribution is 5.95. The van der Waals surface area contributed by atoms with Gasteiger partial charge in [0, 0.05) is 12.1 Å². The average Bonchev–Trinajstić information content (AvgIpc) is 2.24. The van der Waals surface area contributed by atoms with Crippen LogP contribution in [-0.4, -0.2) is 23.2 Å². The Morgan fingerprint density at radius 3 is 2.50 bits per heavy atom. The van der Waals surface area contributed by atoms with Gasteiger partial charge in [0.2, 0.25) is 0 Å². The van der Waals surface area contributed by atoms with E-state index >= 15 is 0 Å². The Morgan fingerprint density at radius 2 is 2.06 bits per heavy atom. The van der Waals surface area contributed by atoms with E-state index in [1.165, 1.54) is 0 Å². The van der Waals surface area contributed by atoms with E-state index in [-0.39, 0.29) is 5.54 Å². The third kappa shape index (κ3) is 3.13. The molecule has 0 fully saturated rings. The second kappa shape index (κ2) is 5.25. The van der Waals surface area contributed by atoms with Crippen LogP contribution in [0.2, 0.25) is 0 Å². The molecule has 0 aliphatic carbocycles. The minimum absolute atomic E-state index is 0.159. The predicted molar refractivity (Wildman–Crippen MR) is 75.4 cm³/mol. The Kier molecular flexibility index (Phi) is 4.17. The summed E-state index contributed by atoms with van der Waals surface area (Å²) in [4.78, 5) is 13.4. The number of carboxylic acid groups (broad SMARTS) is 1. The molecule has 98 valence electrons. The lowest BCUT2D eigenvalue weighted by Gasteiger charge is -2.37. The monoisotopic (exact) mass is 247 g/mol. The van der Waals surface area contributed by atoms with Crippen LogP contribution >= 0.6 is 0 Å². The van der Waals surface area contributed by atoms with E-state index in [1.807, 2.05) is 24.0 Å². The van der Waals surface area contributed by atoms with Crippen LogP contribution in [0.25, 0.3) is 0 Å². The maximum atomic E-state index is 11.4. The average molecular weight is 247 g/mol. The Balaban J connectivity index is 3.36. The van der Waals surface area contributed by atoms with Gasteiger partial charge in [-0.25, -0.2) is 4.79 Å². The molecule has 1 rings (SSSR count). The molecule has 0 saturated carbocycles. The van der Waals surface area contributed by atoms with Gasteiger partial charge in [-0.05, 0) is 39.8 Å². The number of carboxylic acids is 1. The van der Waals surface area contributed by atoms with Crippen molar-refractivity contribution in [1.29, 1.82) is 0 Å². The predicted octanol–water partition coefficient (Wildman–Crippen LogP) is 3.48. The maximum absolute atomic E-state index is 11.4. The molecule has 0 bridgehead atoms. The zero-order valence-electron chi connectivity index (χ0n) is 11.5. The van der Waals surface area contributed by atoms with E-state index in [0.29, 0.717) is 12.1 Å². The molecule has 1 aromatic carbocycles. The minimum atomic E-state index is -0.896. The first-order valence-electron chi connectivity index (χ1n) is 6.00. The van der Waals surface area contributed by atoms with Crippen molar-refractivity contribution in [3.63, 3.8) is 0 Å². The number of aromatic carboxylic acids is 1. The Labute approximate surface area is 109 Å². The van der Waals surface area contributed by atoms with Crippen LogP contribution in [0.3, 0.4) is 0 Å². The normalized spacial score (nSPS) is 11.1. The molecule has 0 aromatic heterocycles. The highest BCUT2D eigenvalue weighted by Gasteiger charge is 2.24. The van der Waals surface area contributed by atoms with Crippen molar-refractivity contribution in [3.05, 3.63) is 42.0 Å². The van der Waals surface area contributed by atoms with Crippen molar-refractivity contribution >= 4 is 11.7 Å². The van der Waals surface area contributed by atoms with Crippen molar-refractivity contribution in [2.45, 2.75) is 33.2 Å². The Bertz CT molecular complexity index is 458. The summed E-state index contributed by atoms with van der Waals surface area (Å²) in [6.45, 7) is 12.4. The van der Waals surface area contributed by atoms with Crippen LogP contribution in [-0.2, 0) is 0 Å². The molecule has 1 N–H and O–H groups in total. The zero-order valence-corrected chi connectivity index (χ0v) is 11.5. The fraction of sp³-hybridized carbons (Fsp3) is 0.400. The summed E-state index contributed by atoms with van der Waals surface area (Å²) < 4.78 is 0. The van der Waals surface area contributed by atoms with Crippen LogP contribution in [0, 0.1) is 6.92 Å². The van der Waals surface area contributed by atoms with Crippen LogP contribution in [0.15, 0.2) is 30.9 Å². The number of aryl methyl sites for hydroxylation is 1. The fourth-order valence-corrected chi connectivity index (χ4v) is 1.92. The van der Waals surface area contributed by atoms with Gasteiger partial charge in [0.25, 0.3) is 0 Å². The molecule has 0 spiro atoms. The van der Waals surface area contributed by atoms with Gasteiger partial charge in [-0.1, -0.05) is 17.7 Å². The van der Waals surface area contributed by atoms with Crippen LogP contribution in [0.5, 0.6) is 0 Å². The van der Waals surface area contributed by atoms with Gasteiger partial charge in [0.05, 0.1) is 11.3 Å². The summed E-state index contributed by atoms with van der Waals surface area (Å²) >= 11 is 0. The van der Waals surface area contributed by atoms with Gasteiger partial charge in [-0.3, -0.25) is 0 Å². The third-order valence-corrected chi connectivity index (χ3v) is 2.79. The van der Waals surface area contributed by atoms with Gasteiger partial charge >= 0.3 is 5.97 Å². The first-order chi connectivity index (χ1) is 8.27. The van der Waals surface area contributed by atoms with Crippen LogP contribution < -0.4 is 4.90 Å². The van der Waals surface area contributed by atoms with Gasteiger partial charge in [-0.15, -0.1) is 6.58 Å². The number of anilines is 1. The standard InChI is InChI=1S/C15H21NO2/c1-6-9-16(15(3,4)5)13-8-7-11(2)10-12(13)14(17)18/h6-8,10H,1,9H2,2-5H3,(H,17,18). The molecule has 0 atom stereocenters. The quantitative estimate of drug-likeness (QED) is 0.828. The lowest BCUT2D eigenvalue weighted by Crippen LogP contribution is -2.42. The van der Waals surface area contributed by atoms with Crippen molar-refractivity contribution < 1.29 is 9.90 Å². The summed E-state index contributed by atoms with van der Waals surface area (Å²) in [6, 6.07) is 5.51.